The molecule has 176 valence electrons. The number of carbonyl (C=O) groups excluding carboxylic acids is 1. The van der Waals surface area contributed by atoms with Gasteiger partial charge in [0.05, 0.1) is 12.2 Å². The molecule has 3 N–H and O–H groups in total. The number of halogens is 2. The molecule has 1 aliphatic rings. The minimum atomic E-state index is -0.709. The first kappa shape index (κ1) is 22.5. The summed E-state index contributed by atoms with van der Waals surface area (Å²) in [5, 5.41) is 7.02. The Morgan fingerprint density at radius 1 is 1.14 bits per heavy atom. The third-order valence-electron chi connectivity index (χ3n) is 5.31. The van der Waals surface area contributed by atoms with Gasteiger partial charge in [-0.1, -0.05) is 23.7 Å². The van der Waals surface area contributed by atoms with Crippen LogP contribution in [0.2, 0.25) is 5.02 Å². The van der Waals surface area contributed by atoms with E-state index in [-0.39, 0.29) is 34.0 Å². The van der Waals surface area contributed by atoms with Crippen molar-refractivity contribution in [2.75, 3.05) is 11.1 Å². The SMILES string of the molecule is Nc1nccc(Oc2ccc(NC(=O)c3nn(C4CC4)cc(-c4ccc(F)cc4)c3=O)nc2)c1Cl. The number of hydrogen-bond acceptors (Lipinski definition) is 7. The number of amides is 1. The molecule has 1 amide bonds. The Balaban J connectivity index is 1.39. The molecular formula is C24H18ClFN6O3. The predicted molar refractivity (Wildman–Crippen MR) is 128 cm³/mol. The number of aromatic nitrogens is 4. The Morgan fingerprint density at radius 2 is 1.91 bits per heavy atom. The molecule has 3 heterocycles. The van der Waals surface area contributed by atoms with Gasteiger partial charge in [-0.3, -0.25) is 14.3 Å². The van der Waals surface area contributed by atoms with Crippen LogP contribution in [-0.2, 0) is 0 Å². The molecule has 0 saturated heterocycles. The Bertz CT molecular complexity index is 1470. The number of nitrogens with two attached hydrogens (primary N) is 1. The van der Waals surface area contributed by atoms with Crippen molar-refractivity contribution in [2.45, 2.75) is 18.9 Å². The fraction of sp³-hybridized carbons (Fsp3) is 0.125. The van der Waals surface area contributed by atoms with Crippen LogP contribution in [-0.4, -0.2) is 25.7 Å². The van der Waals surface area contributed by atoms with Crippen LogP contribution in [0.5, 0.6) is 11.5 Å². The van der Waals surface area contributed by atoms with Gasteiger partial charge in [0.2, 0.25) is 5.43 Å². The molecule has 1 aromatic carbocycles. The zero-order chi connectivity index (χ0) is 24.5. The predicted octanol–water partition coefficient (Wildman–Crippen LogP) is 4.45. The lowest BCUT2D eigenvalue weighted by atomic mass is 10.1. The van der Waals surface area contributed by atoms with Crippen LogP contribution in [0.1, 0.15) is 29.4 Å². The van der Waals surface area contributed by atoms with Crippen LogP contribution < -0.4 is 21.2 Å². The number of pyridine rings is 2. The molecule has 0 spiro atoms. The van der Waals surface area contributed by atoms with E-state index in [2.05, 4.69) is 20.4 Å². The van der Waals surface area contributed by atoms with Crippen LogP contribution in [0.25, 0.3) is 11.1 Å². The highest BCUT2D eigenvalue weighted by atomic mass is 35.5. The van der Waals surface area contributed by atoms with Crippen molar-refractivity contribution >= 4 is 29.1 Å². The van der Waals surface area contributed by atoms with Gasteiger partial charge >= 0.3 is 0 Å². The summed E-state index contributed by atoms with van der Waals surface area (Å²) < 4.78 is 20.6. The molecule has 1 aliphatic carbocycles. The number of nitrogens with zero attached hydrogens (tertiary/aromatic N) is 4. The van der Waals surface area contributed by atoms with E-state index >= 15 is 0 Å². The Hall–Kier alpha value is -4.31. The highest BCUT2D eigenvalue weighted by Crippen LogP contribution is 2.34. The molecule has 1 saturated carbocycles. The van der Waals surface area contributed by atoms with Gasteiger partial charge in [-0.05, 0) is 42.7 Å². The summed E-state index contributed by atoms with van der Waals surface area (Å²) in [4.78, 5) is 34.1. The summed E-state index contributed by atoms with van der Waals surface area (Å²) in [6.45, 7) is 0. The molecule has 3 aromatic heterocycles. The van der Waals surface area contributed by atoms with Crippen molar-refractivity contribution in [2.24, 2.45) is 0 Å². The molecule has 9 nitrogen and oxygen atoms in total. The second-order valence-electron chi connectivity index (χ2n) is 7.88. The first-order valence-electron chi connectivity index (χ1n) is 10.6. The molecule has 0 bridgehead atoms. The zero-order valence-corrected chi connectivity index (χ0v) is 18.9. The fourth-order valence-electron chi connectivity index (χ4n) is 3.36. The Kier molecular flexibility index (Phi) is 5.87. The van der Waals surface area contributed by atoms with Crippen molar-refractivity contribution in [1.82, 2.24) is 19.7 Å². The molecule has 1 fully saturated rings. The van der Waals surface area contributed by atoms with Gasteiger partial charge in [0.1, 0.15) is 28.2 Å². The first-order chi connectivity index (χ1) is 16.9. The quantitative estimate of drug-likeness (QED) is 0.407. The van der Waals surface area contributed by atoms with E-state index in [4.69, 9.17) is 22.1 Å². The minimum Gasteiger partial charge on any atom is -0.454 e. The van der Waals surface area contributed by atoms with Crippen molar-refractivity contribution < 1.29 is 13.9 Å². The van der Waals surface area contributed by atoms with Crippen LogP contribution in [0, 0.1) is 5.82 Å². The molecule has 4 aromatic rings. The lowest BCUT2D eigenvalue weighted by Gasteiger charge is -2.11. The monoisotopic (exact) mass is 492 g/mol. The van der Waals surface area contributed by atoms with Gasteiger partial charge in [-0.15, -0.1) is 0 Å². The van der Waals surface area contributed by atoms with E-state index in [0.717, 1.165) is 12.8 Å². The summed E-state index contributed by atoms with van der Waals surface area (Å²) in [5.74, 6) is -0.151. The van der Waals surface area contributed by atoms with Crippen LogP contribution in [0.15, 0.2) is 65.8 Å². The van der Waals surface area contributed by atoms with Crippen molar-refractivity contribution in [1.29, 1.82) is 0 Å². The van der Waals surface area contributed by atoms with E-state index in [9.17, 15) is 14.0 Å². The average Bonchev–Trinajstić information content (AvgIpc) is 3.70. The third kappa shape index (κ3) is 4.82. The molecule has 5 rings (SSSR count). The van der Waals surface area contributed by atoms with Crippen LogP contribution in [0.4, 0.5) is 16.0 Å². The zero-order valence-electron chi connectivity index (χ0n) is 18.1. The molecule has 11 heteroatoms. The van der Waals surface area contributed by atoms with E-state index in [0.29, 0.717) is 17.1 Å². The Labute approximate surface area is 203 Å². The maximum absolute atomic E-state index is 13.4. The number of benzene rings is 1. The largest absolute Gasteiger partial charge is 0.454 e. The lowest BCUT2D eigenvalue weighted by Crippen LogP contribution is -2.27. The molecular weight excluding hydrogens is 475 g/mol. The maximum atomic E-state index is 13.4. The molecule has 0 aliphatic heterocycles. The van der Waals surface area contributed by atoms with Crippen LogP contribution >= 0.6 is 11.6 Å². The minimum absolute atomic E-state index is 0.116. The standard InChI is InChI=1S/C24H18ClFN6O3/c25-20-18(9-10-28-23(20)27)35-16-7-8-19(29-11-16)30-24(34)21-22(33)17(12-32(31-21)15-5-6-15)13-1-3-14(26)4-2-13/h1-4,7-12,15H,5-6H2,(H2,27,28)(H,29,30,34). The summed E-state index contributed by atoms with van der Waals surface area (Å²) in [5.41, 5.74) is 5.60. The smallest absolute Gasteiger partial charge is 0.281 e. The highest BCUT2D eigenvalue weighted by Gasteiger charge is 2.27. The Morgan fingerprint density at radius 3 is 2.60 bits per heavy atom. The van der Waals surface area contributed by atoms with Gasteiger partial charge in [-0.25, -0.2) is 14.4 Å². The van der Waals surface area contributed by atoms with Gasteiger partial charge in [0, 0.05) is 24.0 Å². The summed E-state index contributed by atoms with van der Waals surface area (Å²) in [7, 11) is 0. The second kappa shape index (κ2) is 9.15. The second-order valence-corrected chi connectivity index (χ2v) is 8.26. The third-order valence-corrected chi connectivity index (χ3v) is 5.69. The molecule has 0 atom stereocenters. The maximum Gasteiger partial charge on any atom is 0.281 e. The fourth-order valence-corrected chi connectivity index (χ4v) is 3.51. The van der Waals surface area contributed by atoms with Crippen molar-refractivity contribution in [3.8, 4) is 22.6 Å². The van der Waals surface area contributed by atoms with Crippen molar-refractivity contribution in [3.05, 3.63) is 87.8 Å². The number of nitrogen functional groups attached to an aromatic ring is 1. The van der Waals surface area contributed by atoms with E-state index in [1.165, 1.54) is 42.7 Å². The van der Waals surface area contributed by atoms with Gasteiger partial charge < -0.3 is 15.8 Å². The lowest BCUT2D eigenvalue weighted by molar-refractivity contribution is 0.101. The summed E-state index contributed by atoms with van der Waals surface area (Å²) in [6, 6.07) is 10.3. The topological polar surface area (TPSA) is 125 Å². The van der Waals surface area contributed by atoms with E-state index < -0.39 is 17.2 Å². The summed E-state index contributed by atoms with van der Waals surface area (Å²) in [6.07, 6.45) is 6.24. The number of ether oxygens (including phenoxy) is 1. The van der Waals surface area contributed by atoms with E-state index in [1.807, 2.05) is 0 Å². The number of carbonyl (C=O) groups is 1. The summed E-state index contributed by atoms with van der Waals surface area (Å²) >= 11 is 6.08. The molecule has 0 radical (unpaired) electrons. The van der Waals surface area contributed by atoms with Crippen molar-refractivity contribution in [3.63, 3.8) is 0 Å². The average molecular weight is 493 g/mol. The molecule has 0 unspecified atom stereocenters. The van der Waals surface area contributed by atoms with E-state index in [1.54, 1.807) is 23.0 Å². The van der Waals surface area contributed by atoms with Crippen LogP contribution in [0.3, 0.4) is 0 Å². The number of hydrogen-bond donors (Lipinski definition) is 2. The normalized spacial score (nSPS) is 12.9. The first-order valence-corrected chi connectivity index (χ1v) is 11.0. The van der Waals surface area contributed by atoms with Gasteiger partial charge in [-0.2, -0.15) is 5.10 Å². The number of rotatable bonds is 6. The van der Waals surface area contributed by atoms with Gasteiger partial charge in [0.15, 0.2) is 11.4 Å². The van der Waals surface area contributed by atoms with Gasteiger partial charge in [0.25, 0.3) is 5.91 Å². The number of anilines is 2. The highest BCUT2D eigenvalue weighted by molar-refractivity contribution is 6.34. The molecule has 35 heavy (non-hydrogen) atoms. The number of nitrogens with one attached hydrogen (secondary N) is 1.